The van der Waals surface area contributed by atoms with E-state index in [4.69, 9.17) is 24.5 Å². The number of ether oxygens (including phenoxy) is 2. The minimum Gasteiger partial charge on any atom is -0.491 e. The first-order valence-corrected chi connectivity index (χ1v) is 11.9. The molecule has 2 aliphatic heterocycles. The van der Waals surface area contributed by atoms with Gasteiger partial charge in [-0.3, -0.25) is 0 Å². The van der Waals surface area contributed by atoms with Crippen molar-refractivity contribution in [3.63, 3.8) is 0 Å². The maximum Gasteiger partial charge on any atom is 0.164 e. The number of aromatic nitrogens is 4. The molecule has 9 heteroatoms. The van der Waals surface area contributed by atoms with Gasteiger partial charge in [-0.2, -0.15) is 5.10 Å². The van der Waals surface area contributed by atoms with Crippen LogP contribution in [0, 0.1) is 0 Å². The molecular formula is C24H30N6O3. The number of benzene rings is 1. The number of rotatable bonds is 8. The van der Waals surface area contributed by atoms with Crippen LogP contribution in [0.5, 0.6) is 5.75 Å². The number of fused-ring (bicyclic) bond motifs is 3. The van der Waals surface area contributed by atoms with E-state index in [9.17, 15) is 5.11 Å². The molecule has 3 unspecified atom stereocenters. The Morgan fingerprint density at radius 1 is 1.15 bits per heavy atom. The summed E-state index contributed by atoms with van der Waals surface area (Å²) in [4.78, 5) is 12.5. The molecule has 2 aromatic heterocycles. The van der Waals surface area contributed by atoms with Gasteiger partial charge >= 0.3 is 0 Å². The average Bonchev–Trinajstić information content (AvgIpc) is 3.54. The van der Waals surface area contributed by atoms with Crippen LogP contribution in [0.25, 0.3) is 22.4 Å². The summed E-state index contributed by atoms with van der Waals surface area (Å²) in [6.45, 7) is 2.19. The van der Waals surface area contributed by atoms with Gasteiger partial charge in [-0.1, -0.05) is 12.1 Å². The molecule has 0 spiro atoms. The summed E-state index contributed by atoms with van der Waals surface area (Å²) in [6.07, 6.45) is 5.91. The van der Waals surface area contributed by atoms with E-state index in [-0.39, 0.29) is 6.61 Å². The minimum atomic E-state index is -0.567. The number of hydrogen-bond acceptors (Lipinski definition) is 8. The average molecular weight is 451 g/mol. The largest absolute Gasteiger partial charge is 0.491 e. The molecule has 0 radical (unpaired) electrons. The highest BCUT2D eigenvalue weighted by molar-refractivity contribution is 5.89. The predicted molar refractivity (Wildman–Crippen MR) is 125 cm³/mol. The molecule has 1 aliphatic carbocycles. The topological polar surface area (TPSA) is 97.6 Å². The molecule has 9 nitrogen and oxygen atoms in total. The quantitative estimate of drug-likeness (QED) is 0.539. The maximum atomic E-state index is 9.98. The van der Waals surface area contributed by atoms with Crippen LogP contribution in [0.3, 0.4) is 0 Å². The fourth-order valence-corrected chi connectivity index (χ4v) is 5.01. The lowest BCUT2D eigenvalue weighted by molar-refractivity contribution is 0.0904. The molecule has 2 saturated heterocycles. The number of likely N-dealkylation sites (N-methyl/N-ethyl adjacent to an activating group) is 1. The zero-order valence-electron chi connectivity index (χ0n) is 18.9. The van der Waals surface area contributed by atoms with Gasteiger partial charge in [-0.15, -0.1) is 0 Å². The molecule has 3 aliphatic rings. The lowest BCUT2D eigenvalue weighted by atomic mass is 10.2. The van der Waals surface area contributed by atoms with Crippen LogP contribution in [0.15, 0.2) is 30.5 Å². The van der Waals surface area contributed by atoms with E-state index in [2.05, 4.69) is 14.9 Å². The summed E-state index contributed by atoms with van der Waals surface area (Å²) < 4.78 is 13.7. The second kappa shape index (κ2) is 8.55. The number of aliphatic hydroxyl groups excluding tert-OH is 1. The maximum absolute atomic E-state index is 9.98. The van der Waals surface area contributed by atoms with Crippen LogP contribution in [0.4, 0.5) is 5.82 Å². The number of nitrogens with one attached hydrogen (secondary N) is 1. The molecular weight excluding hydrogens is 420 g/mol. The van der Waals surface area contributed by atoms with Crippen molar-refractivity contribution in [1.29, 1.82) is 0 Å². The smallest absolute Gasteiger partial charge is 0.164 e. The van der Waals surface area contributed by atoms with Crippen molar-refractivity contribution in [2.24, 2.45) is 0 Å². The third-order valence-corrected chi connectivity index (χ3v) is 6.79. The number of aliphatic hydroxyl groups is 1. The van der Waals surface area contributed by atoms with Gasteiger partial charge in [0.25, 0.3) is 0 Å². The van der Waals surface area contributed by atoms with Crippen molar-refractivity contribution < 1.29 is 14.6 Å². The standard InChI is InChI=1S/C24H30N6O3/c1-25-10-19(31)14-33-20-4-2-3-15(9-20)22-27-23(29-17-7-8-18(29)13-32-12-17)21-11-26-30(16-5-6-16)24(21)28-22/h2-4,9,11,16-19,25,31H,5-8,10,12-14H2,1H3. The predicted octanol–water partition coefficient (Wildman–Crippen LogP) is 2.15. The molecule has 0 amide bonds. The first-order valence-electron chi connectivity index (χ1n) is 11.9. The SMILES string of the molecule is CNCC(O)COc1cccc(-c2nc(N3C4CCC3COC4)c3cnn(C4CC4)c3n2)c1. The van der Waals surface area contributed by atoms with Gasteiger partial charge < -0.3 is 24.8 Å². The highest BCUT2D eigenvalue weighted by atomic mass is 16.5. The highest BCUT2D eigenvalue weighted by Gasteiger charge is 2.40. The Labute approximate surface area is 192 Å². The van der Waals surface area contributed by atoms with Gasteiger partial charge in [0.1, 0.15) is 24.3 Å². The van der Waals surface area contributed by atoms with Crippen LogP contribution in [0.1, 0.15) is 31.7 Å². The second-order valence-corrected chi connectivity index (χ2v) is 9.31. The summed E-state index contributed by atoms with van der Waals surface area (Å²) in [5, 5.41) is 18.7. The van der Waals surface area contributed by atoms with E-state index in [1.54, 1.807) is 0 Å². The van der Waals surface area contributed by atoms with Crippen molar-refractivity contribution >= 4 is 16.9 Å². The second-order valence-electron chi connectivity index (χ2n) is 9.31. The molecule has 3 fully saturated rings. The van der Waals surface area contributed by atoms with E-state index in [0.29, 0.717) is 36.2 Å². The van der Waals surface area contributed by atoms with Gasteiger partial charge in [0.2, 0.25) is 0 Å². The summed E-state index contributed by atoms with van der Waals surface area (Å²) in [6, 6.07) is 8.92. The first kappa shape index (κ1) is 20.8. The Hall–Kier alpha value is -2.75. The van der Waals surface area contributed by atoms with Crippen LogP contribution in [0.2, 0.25) is 0 Å². The van der Waals surface area contributed by atoms with Crippen molar-refractivity contribution in [2.45, 2.75) is 49.9 Å². The molecule has 3 aromatic rings. The fourth-order valence-electron chi connectivity index (χ4n) is 5.01. The van der Waals surface area contributed by atoms with E-state index in [1.165, 1.54) is 0 Å². The molecule has 3 atom stereocenters. The van der Waals surface area contributed by atoms with Crippen LogP contribution in [-0.4, -0.2) is 76.5 Å². The number of morpholine rings is 1. The molecule has 1 aromatic carbocycles. The lowest BCUT2D eigenvalue weighted by Gasteiger charge is -2.36. The molecule has 33 heavy (non-hydrogen) atoms. The summed E-state index contributed by atoms with van der Waals surface area (Å²) in [5.41, 5.74) is 1.79. The Balaban J connectivity index is 1.39. The van der Waals surface area contributed by atoms with Crippen molar-refractivity contribution in [3.8, 4) is 17.1 Å². The first-order chi connectivity index (χ1) is 16.2. The molecule has 2 N–H and O–H groups in total. The Bertz CT molecular complexity index is 1130. The Morgan fingerprint density at radius 3 is 2.70 bits per heavy atom. The van der Waals surface area contributed by atoms with Gasteiger partial charge in [-0.25, -0.2) is 14.6 Å². The summed E-state index contributed by atoms with van der Waals surface area (Å²) in [5.74, 6) is 2.33. The Morgan fingerprint density at radius 2 is 1.94 bits per heavy atom. The monoisotopic (exact) mass is 450 g/mol. The molecule has 6 rings (SSSR count). The fraction of sp³-hybridized carbons (Fsp3) is 0.542. The van der Waals surface area contributed by atoms with Gasteiger partial charge in [0.05, 0.1) is 42.9 Å². The van der Waals surface area contributed by atoms with Gasteiger partial charge in [-0.05, 0) is 44.9 Å². The van der Waals surface area contributed by atoms with Crippen LogP contribution >= 0.6 is 0 Å². The van der Waals surface area contributed by atoms with Crippen molar-refractivity contribution in [2.75, 3.05) is 38.3 Å². The number of hydrogen-bond donors (Lipinski definition) is 2. The number of nitrogens with zero attached hydrogens (tertiary/aromatic N) is 5. The minimum absolute atomic E-state index is 0.223. The van der Waals surface area contributed by atoms with E-state index in [1.807, 2.05) is 37.5 Å². The Kier molecular flexibility index (Phi) is 5.40. The van der Waals surface area contributed by atoms with Crippen molar-refractivity contribution in [3.05, 3.63) is 30.5 Å². The highest BCUT2D eigenvalue weighted by Crippen LogP contribution is 2.41. The van der Waals surface area contributed by atoms with E-state index < -0.39 is 6.10 Å². The van der Waals surface area contributed by atoms with Gasteiger partial charge in [0, 0.05) is 12.1 Å². The molecule has 174 valence electrons. The van der Waals surface area contributed by atoms with E-state index in [0.717, 1.165) is 61.3 Å². The molecule has 1 saturated carbocycles. The summed E-state index contributed by atoms with van der Waals surface area (Å²) >= 11 is 0. The van der Waals surface area contributed by atoms with Crippen LogP contribution < -0.4 is 15.0 Å². The van der Waals surface area contributed by atoms with Gasteiger partial charge in [0.15, 0.2) is 11.5 Å². The summed E-state index contributed by atoms with van der Waals surface area (Å²) in [7, 11) is 1.81. The zero-order valence-corrected chi connectivity index (χ0v) is 18.9. The molecule has 2 bridgehead atoms. The third-order valence-electron chi connectivity index (χ3n) is 6.79. The third kappa shape index (κ3) is 3.94. The normalized spacial score (nSPS) is 23.3. The van der Waals surface area contributed by atoms with Crippen molar-refractivity contribution in [1.82, 2.24) is 25.1 Å². The molecule has 4 heterocycles. The van der Waals surface area contributed by atoms with E-state index >= 15 is 0 Å². The van der Waals surface area contributed by atoms with Crippen LogP contribution in [-0.2, 0) is 4.74 Å². The zero-order chi connectivity index (χ0) is 22.4. The number of anilines is 1. The lowest BCUT2D eigenvalue weighted by Crippen LogP contribution is -2.46.